The van der Waals surface area contributed by atoms with E-state index in [2.05, 4.69) is 24.1 Å². The van der Waals surface area contributed by atoms with E-state index >= 15 is 0 Å². The molecule has 17 heavy (non-hydrogen) atoms. The Morgan fingerprint density at radius 1 is 1.18 bits per heavy atom. The average Bonchev–Trinajstić information content (AvgIpc) is 2.82. The third-order valence-corrected chi connectivity index (χ3v) is 3.37. The maximum Gasteiger partial charge on any atom is 0.0700 e. The van der Waals surface area contributed by atoms with Crippen molar-refractivity contribution in [3.8, 4) is 0 Å². The van der Waals surface area contributed by atoms with Crippen molar-refractivity contribution in [1.29, 1.82) is 0 Å². The van der Waals surface area contributed by atoms with E-state index in [0.717, 1.165) is 26.2 Å². The Morgan fingerprint density at radius 2 is 1.94 bits per heavy atom. The van der Waals surface area contributed by atoms with Crippen LogP contribution >= 0.6 is 0 Å². The zero-order valence-corrected chi connectivity index (χ0v) is 11.7. The molecule has 1 atom stereocenters. The molecule has 1 unspecified atom stereocenters. The van der Waals surface area contributed by atoms with Crippen LogP contribution in [0.1, 0.15) is 46.0 Å². The van der Waals surface area contributed by atoms with E-state index in [4.69, 9.17) is 4.74 Å². The normalized spacial score (nSPS) is 18.7. The molecular formula is C14H30N2O. The predicted octanol–water partition coefficient (Wildman–Crippen LogP) is 2.27. The van der Waals surface area contributed by atoms with E-state index < -0.39 is 0 Å². The zero-order valence-electron chi connectivity index (χ0n) is 11.7. The highest BCUT2D eigenvalue weighted by Gasteiger charge is 2.12. The molecule has 0 amide bonds. The van der Waals surface area contributed by atoms with Crippen LogP contribution in [0.15, 0.2) is 0 Å². The molecule has 1 aliphatic rings. The molecule has 0 saturated carbocycles. The van der Waals surface area contributed by atoms with E-state index in [9.17, 15) is 0 Å². The van der Waals surface area contributed by atoms with Crippen molar-refractivity contribution >= 4 is 0 Å². The van der Waals surface area contributed by atoms with Gasteiger partial charge >= 0.3 is 0 Å². The van der Waals surface area contributed by atoms with Gasteiger partial charge in [0.05, 0.1) is 12.7 Å². The Bertz CT molecular complexity index is 170. The minimum atomic E-state index is 0.411. The van der Waals surface area contributed by atoms with Gasteiger partial charge in [-0.1, -0.05) is 20.3 Å². The van der Waals surface area contributed by atoms with Gasteiger partial charge in [0.25, 0.3) is 0 Å². The van der Waals surface area contributed by atoms with Crippen molar-refractivity contribution in [2.45, 2.75) is 52.1 Å². The Balaban J connectivity index is 2.05. The Labute approximate surface area is 107 Å². The van der Waals surface area contributed by atoms with E-state index in [1.54, 1.807) is 0 Å². The fourth-order valence-electron chi connectivity index (χ4n) is 2.36. The standard InChI is InChI=1S/C14H30N2O/c1-3-7-14(13-15-8-4-2)17-12-11-16-9-5-6-10-16/h14-15H,3-13H2,1-2H3. The minimum absolute atomic E-state index is 0.411. The van der Waals surface area contributed by atoms with Crippen LogP contribution in [0, 0.1) is 0 Å². The first kappa shape index (κ1) is 14.9. The molecule has 1 saturated heterocycles. The summed E-state index contributed by atoms with van der Waals surface area (Å²) in [7, 11) is 0. The number of ether oxygens (including phenoxy) is 1. The lowest BCUT2D eigenvalue weighted by atomic mass is 10.2. The first-order chi connectivity index (χ1) is 8.36. The number of hydrogen-bond donors (Lipinski definition) is 1. The molecule has 0 aromatic rings. The van der Waals surface area contributed by atoms with Crippen molar-refractivity contribution < 1.29 is 4.74 Å². The fraction of sp³-hybridized carbons (Fsp3) is 1.00. The van der Waals surface area contributed by atoms with Gasteiger partial charge < -0.3 is 15.0 Å². The number of hydrogen-bond acceptors (Lipinski definition) is 3. The maximum atomic E-state index is 5.99. The minimum Gasteiger partial charge on any atom is -0.376 e. The maximum absolute atomic E-state index is 5.99. The molecule has 0 radical (unpaired) electrons. The van der Waals surface area contributed by atoms with Crippen LogP contribution in [0.4, 0.5) is 0 Å². The molecule has 0 aliphatic carbocycles. The topological polar surface area (TPSA) is 24.5 Å². The first-order valence-electron chi connectivity index (χ1n) is 7.41. The molecule has 1 aliphatic heterocycles. The first-order valence-corrected chi connectivity index (χ1v) is 7.41. The lowest BCUT2D eigenvalue weighted by Crippen LogP contribution is -2.32. The molecule has 0 aromatic carbocycles. The third-order valence-electron chi connectivity index (χ3n) is 3.37. The summed E-state index contributed by atoms with van der Waals surface area (Å²) in [5.74, 6) is 0. The van der Waals surface area contributed by atoms with E-state index in [-0.39, 0.29) is 0 Å². The van der Waals surface area contributed by atoms with Crippen molar-refractivity contribution in [3.05, 3.63) is 0 Å². The molecule has 1 N–H and O–H groups in total. The van der Waals surface area contributed by atoms with E-state index in [1.165, 1.54) is 45.2 Å². The second-order valence-electron chi connectivity index (χ2n) is 5.03. The van der Waals surface area contributed by atoms with Gasteiger partial charge in [0.1, 0.15) is 0 Å². The Kier molecular flexibility index (Phi) is 8.67. The summed E-state index contributed by atoms with van der Waals surface area (Å²) in [6.45, 7) is 11.1. The summed E-state index contributed by atoms with van der Waals surface area (Å²) in [6, 6.07) is 0. The average molecular weight is 242 g/mol. The zero-order chi connectivity index (χ0) is 12.3. The molecule has 0 bridgehead atoms. The Morgan fingerprint density at radius 3 is 2.59 bits per heavy atom. The monoisotopic (exact) mass is 242 g/mol. The quantitative estimate of drug-likeness (QED) is 0.595. The lowest BCUT2D eigenvalue weighted by Gasteiger charge is -2.20. The van der Waals surface area contributed by atoms with Gasteiger partial charge in [-0.15, -0.1) is 0 Å². The number of nitrogens with zero attached hydrogens (tertiary/aromatic N) is 1. The van der Waals surface area contributed by atoms with Gasteiger partial charge in [-0.05, 0) is 45.3 Å². The van der Waals surface area contributed by atoms with Crippen LogP contribution < -0.4 is 5.32 Å². The number of rotatable bonds is 10. The molecule has 1 rings (SSSR count). The van der Waals surface area contributed by atoms with Gasteiger partial charge in [0, 0.05) is 13.1 Å². The van der Waals surface area contributed by atoms with Gasteiger partial charge in [-0.25, -0.2) is 0 Å². The van der Waals surface area contributed by atoms with Crippen LogP contribution in [-0.4, -0.2) is 50.3 Å². The lowest BCUT2D eigenvalue weighted by molar-refractivity contribution is 0.0356. The molecule has 102 valence electrons. The highest BCUT2D eigenvalue weighted by atomic mass is 16.5. The highest BCUT2D eigenvalue weighted by molar-refractivity contribution is 4.67. The summed E-state index contributed by atoms with van der Waals surface area (Å²) >= 11 is 0. The van der Waals surface area contributed by atoms with Gasteiger partial charge in [0.2, 0.25) is 0 Å². The van der Waals surface area contributed by atoms with Crippen molar-refractivity contribution in [2.24, 2.45) is 0 Å². The van der Waals surface area contributed by atoms with Gasteiger partial charge in [-0.3, -0.25) is 0 Å². The third kappa shape index (κ3) is 7.02. The second kappa shape index (κ2) is 9.86. The second-order valence-corrected chi connectivity index (χ2v) is 5.03. The van der Waals surface area contributed by atoms with E-state index in [1.807, 2.05) is 0 Å². The predicted molar refractivity (Wildman–Crippen MR) is 73.5 cm³/mol. The SMILES string of the molecule is CCCNCC(CCC)OCCN1CCCC1. The van der Waals surface area contributed by atoms with Gasteiger partial charge in [0.15, 0.2) is 0 Å². The van der Waals surface area contributed by atoms with Gasteiger partial charge in [-0.2, -0.15) is 0 Å². The summed E-state index contributed by atoms with van der Waals surface area (Å²) in [6.07, 6.45) is 6.74. The van der Waals surface area contributed by atoms with Crippen LogP contribution in [0.5, 0.6) is 0 Å². The van der Waals surface area contributed by atoms with Crippen LogP contribution in [0.25, 0.3) is 0 Å². The van der Waals surface area contributed by atoms with Crippen LogP contribution in [-0.2, 0) is 4.74 Å². The molecule has 1 fully saturated rings. The van der Waals surface area contributed by atoms with Crippen molar-refractivity contribution in [1.82, 2.24) is 10.2 Å². The number of likely N-dealkylation sites (tertiary alicyclic amines) is 1. The summed E-state index contributed by atoms with van der Waals surface area (Å²) in [5.41, 5.74) is 0. The smallest absolute Gasteiger partial charge is 0.0700 e. The van der Waals surface area contributed by atoms with Crippen LogP contribution in [0.3, 0.4) is 0 Å². The molecule has 1 heterocycles. The molecule has 0 aromatic heterocycles. The molecular weight excluding hydrogens is 212 g/mol. The largest absolute Gasteiger partial charge is 0.376 e. The molecule has 0 spiro atoms. The summed E-state index contributed by atoms with van der Waals surface area (Å²) in [5, 5.41) is 3.46. The van der Waals surface area contributed by atoms with E-state index in [0.29, 0.717) is 6.10 Å². The highest BCUT2D eigenvalue weighted by Crippen LogP contribution is 2.07. The van der Waals surface area contributed by atoms with Crippen LogP contribution in [0.2, 0.25) is 0 Å². The Hall–Kier alpha value is -0.120. The number of nitrogens with one attached hydrogen (secondary N) is 1. The molecule has 3 nitrogen and oxygen atoms in total. The summed E-state index contributed by atoms with van der Waals surface area (Å²) < 4.78 is 5.99. The van der Waals surface area contributed by atoms with Crippen molar-refractivity contribution in [3.63, 3.8) is 0 Å². The van der Waals surface area contributed by atoms with Crippen molar-refractivity contribution in [2.75, 3.05) is 39.3 Å². The molecule has 3 heteroatoms. The summed E-state index contributed by atoms with van der Waals surface area (Å²) in [4.78, 5) is 2.52. The fourth-order valence-corrected chi connectivity index (χ4v) is 2.36.